The molecule has 2 fully saturated rings. The molecule has 4 amide bonds. The van der Waals surface area contributed by atoms with Gasteiger partial charge in [0, 0.05) is 68.1 Å². The molecular formula is C51H73N7O8S4. The first-order valence-corrected chi connectivity index (χ1v) is 23.2. The third kappa shape index (κ3) is 12.4. The van der Waals surface area contributed by atoms with Crippen molar-refractivity contribution in [2.24, 2.45) is 17.3 Å². The molecule has 384 valence electrons. The van der Waals surface area contributed by atoms with E-state index in [1.54, 1.807) is 36.2 Å². The molecule has 4 aromatic rings. The second kappa shape index (κ2) is 24.5. The van der Waals surface area contributed by atoms with E-state index < -0.39 is 47.2 Å². The third-order valence-corrected chi connectivity index (χ3v) is 13.3. The van der Waals surface area contributed by atoms with Crippen molar-refractivity contribution in [1.82, 2.24) is 34.7 Å². The number of aromatic hydroxyl groups is 1. The minimum absolute atomic E-state index is 0. The van der Waals surface area contributed by atoms with Crippen LogP contribution in [0, 0.1) is 17.3 Å². The number of pyridine rings is 1. The maximum Gasteiger partial charge on any atom is 0.324 e. The van der Waals surface area contributed by atoms with E-state index >= 15 is 0 Å². The number of hydrogen-bond donors (Lipinski definition) is 3. The second-order valence-electron chi connectivity index (χ2n) is 19.5. The van der Waals surface area contributed by atoms with Crippen LogP contribution in [0.2, 0.25) is 0 Å². The van der Waals surface area contributed by atoms with Gasteiger partial charge in [0.25, 0.3) is 11.5 Å². The smallest absolute Gasteiger partial charge is 0.324 e. The van der Waals surface area contributed by atoms with Gasteiger partial charge in [-0.05, 0) is 111 Å². The fraction of sp³-hybridized carbons (Fsp3) is 0.490. The van der Waals surface area contributed by atoms with Crippen LogP contribution in [-0.2, 0) is 48.1 Å². The zero-order chi connectivity index (χ0) is 47.8. The van der Waals surface area contributed by atoms with Crippen LogP contribution >= 0.6 is 54.0 Å². The van der Waals surface area contributed by atoms with Crippen molar-refractivity contribution in [3.63, 3.8) is 0 Å². The summed E-state index contributed by atoms with van der Waals surface area (Å²) < 4.78 is 10.1. The van der Waals surface area contributed by atoms with Crippen molar-refractivity contribution in [3.8, 4) is 28.3 Å². The van der Waals surface area contributed by atoms with E-state index in [1.165, 1.54) is 16.0 Å². The predicted octanol–water partition coefficient (Wildman–Crippen LogP) is 6.06. The summed E-state index contributed by atoms with van der Waals surface area (Å²) in [7, 11) is 1.57. The first-order chi connectivity index (χ1) is 31.3. The average Bonchev–Trinajstić information content (AvgIpc) is 3.89. The SMILES string of the molecule is C=CC(=O)N1CC[C@H](C(=O)N(C)[C@H](C(=O)N[C@H]2Cc3cc(O)cc(c3)-c3ccc4c(c3)c(c(-c3cccc(=O)n3C(C)C)n4CC)CC(C)(C)COC(=O)[C@@H]3CCCN(N3)C2=O)C(C)C)C1.S.S.S.S. The molecule has 2 aromatic carbocycles. The van der Waals surface area contributed by atoms with Gasteiger partial charge in [0.05, 0.1) is 23.9 Å². The van der Waals surface area contributed by atoms with E-state index in [4.69, 9.17) is 4.74 Å². The topological polar surface area (TPSA) is 176 Å². The average molecular weight is 1040 g/mol. The Morgan fingerprint density at radius 3 is 2.34 bits per heavy atom. The van der Waals surface area contributed by atoms with Gasteiger partial charge in [-0.15, -0.1) is 0 Å². The zero-order valence-electron chi connectivity index (χ0n) is 41.6. The number of benzene rings is 2. The van der Waals surface area contributed by atoms with Crippen LogP contribution < -0.4 is 16.3 Å². The van der Waals surface area contributed by atoms with Crippen molar-refractivity contribution >= 4 is 94.5 Å². The number of carbonyl (C=O) groups excluding carboxylic acids is 5. The number of hydrazine groups is 1. The van der Waals surface area contributed by atoms with Gasteiger partial charge in [0.2, 0.25) is 17.7 Å². The Morgan fingerprint density at radius 1 is 0.971 bits per heavy atom. The molecule has 19 heteroatoms. The summed E-state index contributed by atoms with van der Waals surface area (Å²) in [5, 5.41) is 16.6. The van der Waals surface area contributed by atoms with Crippen LogP contribution in [0.15, 0.2) is 72.0 Å². The number of ether oxygens (including phenoxy) is 1. The highest BCUT2D eigenvalue weighted by atomic mass is 32.1. The Hall–Kier alpha value is -4.82. The Bertz CT molecular complexity index is 2630. The minimum Gasteiger partial charge on any atom is -0.508 e. The molecule has 6 bridgehead atoms. The van der Waals surface area contributed by atoms with E-state index in [0.29, 0.717) is 49.9 Å². The fourth-order valence-corrected chi connectivity index (χ4v) is 10.1. The Labute approximate surface area is 439 Å². The number of esters is 1. The Morgan fingerprint density at radius 2 is 1.69 bits per heavy atom. The fourth-order valence-electron chi connectivity index (χ4n) is 10.1. The second-order valence-corrected chi connectivity index (χ2v) is 19.5. The number of rotatable bonds is 9. The Kier molecular flexibility index (Phi) is 20.9. The van der Waals surface area contributed by atoms with Crippen LogP contribution in [0.1, 0.15) is 84.9 Å². The van der Waals surface area contributed by atoms with E-state index in [2.05, 4.69) is 34.9 Å². The van der Waals surface area contributed by atoms with Gasteiger partial charge < -0.3 is 34.1 Å². The molecule has 0 unspecified atom stereocenters. The number of cyclic esters (lactones) is 1. The van der Waals surface area contributed by atoms with E-state index in [1.807, 2.05) is 70.4 Å². The molecule has 7 rings (SSSR count). The molecule has 3 aliphatic heterocycles. The highest BCUT2D eigenvalue weighted by Gasteiger charge is 2.40. The normalized spacial score (nSPS) is 19.4. The van der Waals surface area contributed by atoms with Crippen LogP contribution in [0.5, 0.6) is 5.75 Å². The molecular weight excluding hydrogens is 967 g/mol. The van der Waals surface area contributed by atoms with Crippen molar-refractivity contribution in [1.29, 1.82) is 0 Å². The first-order valence-electron chi connectivity index (χ1n) is 23.2. The lowest BCUT2D eigenvalue weighted by Gasteiger charge is -2.37. The van der Waals surface area contributed by atoms with E-state index in [-0.39, 0.29) is 115 Å². The summed E-state index contributed by atoms with van der Waals surface area (Å²) in [6.07, 6.45) is 3.06. The monoisotopic (exact) mass is 1040 g/mol. The number of phenolic OH excluding ortho intramolecular Hbond substituents is 1. The van der Waals surface area contributed by atoms with Gasteiger partial charge in [-0.25, -0.2) is 5.43 Å². The molecule has 5 heterocycles. The highest BCUT2D eigenvalue weighted by molar-refractivity contribution is 7.59. The lowest BCUT2D eigenvalue weighted by molar-refractivity contribution is -0.155. The number of nitrogens with one attached hydrogen (secondary N) is 2. The minimum atomic E-state index is -1.18. The summed E-state index contributed by atoms with van der Waals surface area (Å²) in [6.45, 7) is 18.9. The lowest BCUT2D eigenvalue weighted by Crippen LogP contribution is -2.62. The van der Waals surface area contributed by atoms with Gasteiger partial charge in [0.15, 0.2) is 0 Å². The maximum absolute atomic E-state index is 14.7. The molecule has 3 aliphatic rings. The maximum atomic E-state index is 14.7. The van der Waals surface area contributed by atoms with Gasteiger partial charge in [-0.1, -0.05) is 52.5 Å². The van der Waals surface area contributed by atoms with Crippen LogP contribution in [0.4, 0.5) is 0 Å². The van der Waals surface area contributed by atoms with Crippen molar-refractivity contribution in [2.75, 3.05) is 33.3 Å². The molecule has 0 radical (unpaired) electrons. The van der Waals surface area contributed by atoms with Gasteiger partial charge in [0.1, 0.15) is 23.9 Å². The number of fused-ring (bicyclic) bond motifs is 6. The first kappa shape index (κ1) is 59.5. The molecule has 0 spiro atoms. The molecule has 2 aromatic heterocycles. The highest BCUT2D eigenvalue weighted by Crippen LogP contribution is 2.41. The molecule has 2 saturated heterocycles. The number of carbonyl (C=O) groups is 5. The van der Waals surface area contributed by atoms with Crippen LogP contribution in [0.25, 0.3) is 33.4 Å². The third-order valence-electron chi connectivity index (χ3n) is 13.3. The Balaban J connectivity index is 0.00000324. The number of hydrogen-bond acceptors (Lipinski definition) is 9. The van der Waals surface area contributed by atoms with E-state index in [9.17, 15) is 33.9 Å². The van der Waals surface area contributed by atoms with Crippen molar-refractivity contribution < 1.29 is 33.8 Å². The van der Waals surface area contributed by atoms with Gasteiger partial charge in [-0.2, -0.15) is 54.0 Å². The molecule has 0 saturated carbocycles. The quantitative estimate of drug-likeness (QED) is 0.133. The summed E-state index contributed by atoms with van der Waals surface area (Å²) >= 11 is 0. The van der Waals surface area contributed by atoms with Crippen molar-refractivity contribution in [2.45, 2.75) is 111 Å². The summed E-state index contributed by atoms with van der Waals surface area (Å²) in [6, 6.07) is 13.5. The molecule has 15 nitrogen and oxygen atoms in total. The largest absolute Gasteiger partial charge is 0.508 e. The number of amides is 4. The number of aromatic nitrogens is 2. The molecule has 4 atom stereocenters. The summed E-state index contributed by atoms with van der Waals surface area (Å²) in [4.78, 5) is 85.8. The number of aryl methyl sites for hydroxylation is 1. The predicted molar refractivity (Wildman–Crippen MR) is 295 cm³/mol. The molecule has 70 heavy (non-hydrogen) atoms. The summed E-state index contributed by atoms with van der Waals surface area (Å²) in [5.74, 6) is -2.95. The molecule has 0 aliphatic carbocycles. The number of likely N-dealkylation sites (tertiary alicyclic amines) is 1. The van der Waals surface area contributed by atoms with Gasteiger partial charge >= 0.3 is 5.97 Å². The number of nitrogens with zero attached hydrogens (tertiary/aromatic N) is 5. The number of phenols is 1. The van der Waals surface area contributed by atoms with Crippen LogP contribution in [0.3, 0.4) is 0 Å². The zero-order valence-corrected chi connectivity index (χ0v) is 45.6. The molecule has 3 N–H and O–H groups in total. The summed E-state index contributed by atoms with van der Waals surface area (Å²) in [5.41, 5.74) is 8.11. The van der Waals surface area contributed by atoms with E-state index in [0.717, 1.165) is 33.4 Å². The lowest BCUT2D eigenvalue weighted by atomic mass is 9.84. The standard InChI is InChI=1S/C51H65N7O8.4H2S/c1-10-43(60)55-21-19-34(28-55)48(63)54(9)45(30(3)4)47(62)52-40-24-32-22-35(25-36(59)23-32)33-17-18-41-37(26-33)38(46(56(41)11-2)42-15-12-16-44(61)58(42)31(5)6)27-51(7,8)29-66-50(65)39-14-13-20-57(53-39)49(40)64;;;;/h10,12,15-18,22-23,25-26,30-31,34,39-40,45,53,59H,1,11,13-14,19-21,24,27-29H2,2-9H3,(H,52,62);4*1H2/t34-,39-,40-,45-;;;;/m0..../s1. The van der Waals surface area contributed by atoms with Crippen molar-refractivity contribution in [3.05, 3.63) is 88.7 Å². The van der Waals surface area contributed by atoms with Crippen LogP contribution in [-0.4, -0.2) is 110 Å². The van der Waals surface area contributed by atoms with Gasteiger partial charge in [-0.3, -0.25) is 33.8 Å². The number of likely N-dealkylation sites (N-methyl/N-ethyl adjacent to an activating group) is 1.